The minimum Gasteiger partial charge on any atom is -0.0954 e. The van der Waals surface area contributed by atoms with Gasteiger partial charge in [-0.25, -0.2) is 0 Å². The molecule has 0 aliphatic heterocycles. The first-order valence-electron chi connectivity index (χ1n) is 10.2. The smallest absolute Gasteiger partial charge is 0.0283 e. The zero-order valence-electron chi connectivity index (χ0n) is 16.0. The van der Waals surface area contributed by atoms with Gasteiger partial charge in [-0.2, -0.15) is 0 Å². The van der Waals surface area contributed by atoms with Gasteiger partial charge in [-0.05, 0) is 31.6 Å². The molecule has 0 heterocycles. The summed E-state index contributed by atoms with van der Waals surface area (Å²) in [4.78, 5) is 0. The molecule has 0 bridgehead atoms. The van der Waals surface area contributed by atoms with E-state index in [0.717, 1.165) is 0 Å². The van der Waals surface area contributed by atoms with Crippen molar-refractivity contribution in [3.8, 4) is 0 Å². The number of hydrogen-bond donors (Lipinski definition) is 0. The summed E-state index contributed by atoms with van der Waals surface area (Å²) < 4.78 is 0. The van der Waals surface area contributed by atoms with Crippen molar-refractivity contribution in [1.29, 1.82) is 0 Å². The SMILES string of the molecule is C=C(CCC)P(CCCCCCCC)CCCCCCCC. The van der Waals surface area contributed by atoms with Gasteiger partial charge < -0.3 is 0 Å². The second kappa shape index (κ2) is 17.5. The normalized spacial score (nSPS) is 11.3. The van der Waals surface area contributed by atoms with Gasteiger partial charge in [0, 0.05) is 0 Å². The van der Waals surface area contributed by atoms with Crippen molar-refractivity contribution in [2.24, 2.45) is 0 Å². The van der Waals surface area contributed by atoms with E-state index in [-0.39, 0.29) is 7.92 Å². The van der Waals surface area contributed by atoms with Crippen molar-refractivity contribution in [1.82, 2.24) is 0 Å². The van der Waals surface area contributed by atoms with Crippen molar-refractivity contribution in [2.45, 2.75) is 111 Å². The van der Waals surface area contributed by atoms with Crippen LogP contribution in [0, 0.1) is 0 Å². The molecule has 0 rings (SSSR count). The molecule has 0 aromatic rings. The molecule has 0 nitrogen and oxygen atoms in total. The van der Waals surface area contributed by atoms with Crippen molar-refractivity contribution in [2.75, 3.05) is 12.3 Å². The number of unbranched alkanes of at least 4 members (excludes halogenated alkanes) is 10. The fraction of sp³-hybridized carbons (Fsp3) is 0.905. The molecule has 0 saturated carbocycles. The van der Waals surface area contributed by atoms with Crippen LogP contribution in [0.25, 0.3) is 0 Å². The number of allylic oxidation sites excluding steroid dienone is 1. The molecule has 22 heavy (non-hydrogen) atoms. The zero-order chi connectivity index (χ0) is 16.5. The minimum atomic E-state index is 0.129. The molecule has 1 heteroatoms. The van der Waals surface area contributed by atoms with E-state index in [9.17, 15) is 0 Å². The van der Waals surface area contributed by atoms with E-state index >= 15 is 0 Å². The first kappa shape index (κ1) is 22.2. The lowest BCUT2D eigenvalue weighted by molar-refractivity contribution is 0.622. The van der Waals surface area contributed by atoms with Gasteiger partial charge in [-0.1, -0.05) is 111 Å². The molecule has 0 aliphatic rings. The maximum atomic E-state index is 4.43. The molecule has 0 spiro atoms. The molecule has 0 atom stereocenters. The standard InChI is InChI=1S/C21H43P/c1-5-8-10-12-14-16-19-22(21(4)18-7-3)20-17-15-13-11-9-6-2/h4-20H2,1-3H3. The topological polar surface area (TPSA) is 0 Å². The third-order valence-corrected chi connectivity index (χ3v) is 7.38. The van der Waals surface area contributed by atoms with E-state index in [4.69, 9.17) is 0 Å². The highest BCUT2D eigenvalue weighted by molar-refractivity contribution is 7.62. The Balaban J connectivity index is 3.82. The average Bonchev–Trinajstić information content (AvgIpc) is 2.52. The summed E-state index contributed by atoms with van der Waals surface area (Å²) in [6.07, 6.45) is 22.7. The second-order valence-electron chi connectivity index (χ2n) is 6.84. The number of rotatable bonds is 17. The van der Waals surface area contributed by atoms with Gasteiger partial charge in [0.25, 0.3) is 0 Å². The Bertz CT molecular complexity index is 218. The van der Waals surface area contributed by atoms with Crippen LogP contribution in [0.4, 0.5) is 0 Å². The van der Waals surface area contributed by atoms with E-state index in [2.05, 4.69) is 27.4 Å². The highest BCUT2D eigenvalue weighted by Crippen LogP contribution is 2.47. The molecule has 132 valence electrons. The zero-order valence-corrected chi connectivity index (χ0v) is 16.9. The van der Waals surface area contributed by atoms with Crippen LogP contribution in [0.1, 0.15) is 111 Å². The Morgan fingerprint density at radius 3 is 1.41 bits per heavy atom. The molecule has 0 amide bonds. The highest BCUT2D eigenvalue weighted by atomic mass is 31.1. The maximum Gasteiger partial charge on any atom is -0.0283 e. The predicted octanol–water partition coefficient (Wildman–Crippen LogP) is 8.50. The van der Waals surface area contributed by atoms with Gasteiger partial charge in [-0.15, -0.1) is 0 Å². The largest absolute Gasteiger partial charge is 0.0954 e. The molecule has 0 N–H and O–H groups in total. The summed E-state index contributed by atoms with van der Waals surface area (Å²) in [5.41, 5.74) is 0. The summed E-state index contributed by atoms with van der Waals surface area (Å²) >= 11 is 0. The van der Waals surface area contributed by atoms with Crippen LogP contribution in [0.15, 0.2) is 11.9 Å². The van der Waals surface area contributed by atoms with Gasteiger partial charge >= 0.3 is 0 Å². The summed E-state index contributed by atoms with van der Waals surface area (Å²) in [6, 6.07) is 0. The predicted molar refractivity (Wildman–Crippen MR) is 107 cm³/mol. The summed E-state index contributed by atoms with van der Waals surface area (Å²) in [5, 5.41) is 1.61. The monoisotopic (exact) mass is 326 g/mol. The summed E-state index contributed by atoms with van der Waals surface area (Å²) in [7, 11) is 0.129. The first-order chi connectivity index (χ1) is 10.8. The van der Waals surface area contributed by atoms with Crippen molar-refractivity contribution >= 4 is 7.92 Å². The third kappa shape index (κ3) is 13.8. The van der Waals surface area contributed by atoms with Crippen LogP contribution < -0.4 is 0 Å². The van der Waals surface area contributed by atoms with E-state index in [0.29, 0.717) is 0 Å². The van der Waals surface area contributed by atoms with Crippen molar-refractivity contribution in [3.05, 3.63) is 11.9 Å². The molecular formula is C21H43P. The Kier molecular flexibility index (Phi) is 17.7. The Hall–Kier alpha value is 0.170. The van der Waals surface area contributed by atoms with Crippen LogP contribution in [-0.2, 0) is 0 Å². The third-order valence-electron chi connectivity index (χ3n) is 4.55. The highest BCUT2D eigenvalue weighted by Gasteiger charge is 2.11. The molecule has 0 saturated heterocycles. The second-order valence-corrected chi connectivity index (χ2v) is 9.45. The van der Waals surface area contributed by atoms with E-state index < -0.39 is 0 Å². The first-order valence-corrected chi connectivity index (χ1v) is 11.9. The van der Waals surface area contributed by atoms with Crippen LogP contribution in [0.5, 0.6) is 0 Å². The molecule has 0 aliphatic carbocycles. The molecule has 0 fully saturated rings. The van der Waals surface area contributed by atoms with Crippen LogP contribution in [0.3, 0.4) is 0 Å². The Labute approximate surface area is 143 Å². The quantitative estimate of drug-likeness (QED) is 0.186. The molecule has 0 aromatic heterocycles. The van der Waals surface area contributed by atoms with Gasteiger partial charge in [0.1, 0.15) is 0 Å². The van der Waals surface area contributed by atoms with Gasteiger partial charge in [0.05, 0.1) is 0 Å². The maximum absolute atomic E-state index is 4.43. The summed E-state index contributed by atoms with van der Waals surface area (Å²) in [6.45, 7) is 11.3. The minimum absolute atomic E-state index is 0.129. The Morgan fingerprint density at radius 1 is 0.591 bits per heavy atom. The van der Waals surface area contributed by atoms with Gasteiger partial charge in [-0.3, -0.25) is 0 Å². The lowest BCUT2D eigenvalue weighted by Crippen LogP contribution is -1.95. The lowest BCUT2D eigenvalue weighted by Gasteiger charge is -2.20. The lowest BCUT2D eigenvalue weighted by atomic mass is 10.1. The van der Waals surface area contributed by atoms with Crippen LogP contribution in [0.2, 0.25) is 0 Å². The summed E-state index contributed by atoms with van der Waals surface area (Å²) in [5.74, 6) is 0. The molecule has 0 aromatic carbocycles. The van der Waals surface area contributed by atoms with E-state index in [1.165, 1.54) is 102 Å². The van der Waals surface area contributed by atoms with E-state index in [1.54, 1.807) is 5.31 Å². The van der Waals surface area contributed by atoms with Gasteiger partial charge in [0.15, 0.2) is 0 Å². The molecule has 0 radical (unpaired) electrons. The molecule has 0 unspecified atom stereocenters. The van der Waals surface area contributed by atoms with Crippen LogP contribution in [-0.4, -0.2) is 12.3 Å². The van der Waals surface area contributed by atoms with Crippen LogP contribution >= 0.6 is 7.92 Å². The van der Waals surface area contributed by atoms with Crippen molar-refractivity contribution in [3.63, 3.8) is 0 Å². The van der Waals surface area contributed by atoms with Crippen molar-refractivity contribution < 1.29 is 0 Å². The Morgan fingerprint density at radius 2 is 1.00 bits per heavy atom. The average molecular weight is 327 g/mol. The van der Waals surface area contributed by atoms with E-state index in [1.807, 2.05) is 0 Å². The van der Waals surface area contributed by atoms with Gasteiger partial charge in [0.2, 0.25) is 0 Å². The number of hydrogen-bond acceptors (Lipinski definition) is 0. The fourth-order valence-corrected chi connectivity index (χ4v) is 5.65. The fourth-order valence-electron chi connectivity index (χ4n) is 3.04. The molecular weight excluding hydrogens is 283 g/mol.